The Hall–Kier alpha value is -2.28. The summed E-state index contributed by atoms with van der Waals surface area (Å²) in [7, 11) is 1.63. The molecule has 1 aromatic heterocycles. The molecule has 0 aliphatic heterocycles. The third-order valence-electron chi connectivity index (χ3n) is 4.07. The van der Waals surface area contributed by atoms with Gasteiger partial charge in [-0.2, -0.15) is 0 Å². The first kappa shape index (κ1) is 20.0. The molecule has 0 radical (unpaired) electrons. The number of hydrogen-bond donors (Lipinski definition) is 1. The van der Waals surface area contributed by atoms with E-state index in [0.29, 0.717) is 17.5 Å². The molecule has 7 heteroatoms. The maximum Gasteiger partial charge on any atom is 0.230 e. The van der Waals surface area contributed by atoms with Gasteiger partial charge >= 0.3 is 0 Å². The molecule has 0 aliphatic rings. The smallest absolute Gasteiger partial charge is 0.230 e. The second-order valence-electron chi connectivity index (χ2n) is 6.48. The molecule has 2 rings (SSSR count). The number of carbonyl (C=O) groups is 1. The zero-order chi connectivity index (χ0) is 19.2. The predicted octanol–water partition coefficient (Wildman–Crippen LogP) is 3.54. The standard InChI is InChI=1S/C19H26N4O2S/c1-6-12-23-17(14-10-8-9-11-15(14)25-5)21-22-18(23)26-13-16(24)20-19(3,4)7-2/h6,8-11H,1,7,12-13H2,2-5H3,(H,20,24). The zero-order valence-electron chi connectivity index (χ0n) is 15.8. The van der Waals surface area contributed by atoms with Gasteiger partial charge in [0, 0.05) is 12.1 Å². The lowest BCUT2D eigenvalue weighted by Gasteiger charge is -2.24. The van der Waals surface area contributed by atoms with E-state index in [0.717, 1.165) is 17.7 Å². The lowest BCUT2D eigenvalue weighted by molar-refractivity contribution is -0.120. The summed E-state index contributed by atoms with van der Waals surface area (Å²) in [6.45, 7) is 10.4. The summed E-state index contributed by atoms with van der Waals surface area (Å²) < 4.78 is 7.37. The quantitative estimate of drug-likeness (QED) is 0.537. The summed E-state index contributed by atoms with van der Waals surface area (Å²) in [4.78, 5) is 12.2. The van der Waals surface area contributed by atoms with E-state index in [4.69, 9.17) is 4.74 Å². The van der Waals surface area contributed by atoms with Crippen molar-refractivity contribution in [3.8, 4) is 17.1 Å². The van der Waals surface area contributed by atoms with E-state index in [1.54, 1.807) is 13.2 Å². The number of para-hydroxylation sites is 1. The average Bonchev–Trinajstić information content (AvgIpc) is 3.02. The maximum atomic E-state index is 12.2. The van der Waals surface area contributed by atoms with Crippen LogP contribution in [-0.4, -0.2) is 39.1 Å². The molecule has 26 heavy (non-hydrogen) atoms. The highest BCUT2D eigenvalue weighted by Gasteiger charge is 2.20. The Kier molecular flexibility index (Phi) is 6.85. The van der Waals surface area contributed by atoms with Gasteiger partial charge in [-0.25, -0.2) is 0 Å². The summed E-state index contributed by atoms with van der Waals surface area (Å²) >= 11 is 1.36. The fraction of sp³-hybridized carbons (Fsp3) is 0.421. The van der Waals surface area contributed by atoms with Gasteiger partial charge in [-0.15, -0.1) is 16.8 Å². The number of hydrogen-bond acceptors (Lipinski definition) is 5. The van der Waals surface area contributed by atoms with Gasteiger partial charge in [-0.3, -0.25) is 9.36 Å². The van der Waals surface area contributed by atoms with Gasteiger partial charge in [0.05, 0.1) is 18.4 Å². The van der Waals surface area contributed by atoms with Gasteiger partial charge in [0.2, 0.25) is 5.91 Å². The van der Waals surface area contributed by atoms with Crippen LogP contribution in [0.4, 0.5) is 0 Å². The van der Waals surface area contributed by atoms with Crippen molar-refractivity contribution in [3.05, 3.63) is 36.9 Å². The molecular weight excluding hydrogens is 348 g/mol. The summed E-state index contributed by atoms with van der Waals surface area (Å²) in [5.41, 5.74) is 0.641. The summed E-state index contributed by atoms with van der Waals surface area (Å²) in [5, 5.41) is 12.3. The number of nitrogens with one attached hydrogen (secondary N) is 1. The van der Waals surface area contributed by atoms with Crippen LogP contribution >= 0.6 is 11.8 Å². The molecule has 0 aliphatic carbocycles. The minimum Gasteiger partial charge on any atom is -0.496 e. The number of nitrogens with zero attached hydrogens (tertiary/aromatic N) is 3. The average molecular weight is 375 g/mol. The van der Waals surface area contributed by atoms with Gasteiger partial charge in [0.1, 0.15) is 5.75 Å². The van der Waals surface area contributed by atoms with E-state index in [1.165, 1.54) is 11.8 Å². The molecule has 1 aromatic carbocycles. The lowest BCUT2D eigenvalue weighted by Crippen LogP contribution is -2.43. The second kappa shape index (κ2) is 8.89. The van der Waals surface area contributed by atoms with Crippen LogP contribution in [0, 0.1) is 0 Å². The topological polar surface area (TPSA) is 69.0 Å². The monoisotopic (exact) mass is 374 g/mol. The number of rotatable bonds is 9. The molecule has 1 heterocycles. The van der Waals surface area contributed by atoms with Gasteiger partial charge < -0.3 is 10.1 Å². The van der Waals surface area contributed by atoms with Crippen LogP contribution in [-0.2, 0) is 11.3 Å². The molecule has 6 nitrogen and oxygen atoms in total. The van der Waals surface area contributed by atoms with E-state index in [2.05, 4.69) is 22.1 Å². The molecule has 0 bridgehead atoms. The van der Waals surface area contributed by atoms with Crippen molar-refractivity contribution in [2.24, 2.45) is 0 Å². The van der Waals surface area contributed by atoms with Gasteiger partial charge in [-0.05, 0) is 32.4 Å². The fourth-order valence-corrected chi connectivity index (χ4v) is 3.10. The van der Waals surface area contributed by atoms with Crippen molar-refractivity contribution in [1.29, 1.82) is 0 Å². The number of amides is 1. The molecule has 1 N–H and O–H groups in total. The van der Waals surface area contributed by atoms with Crippen molar-refractivity contribution in [1.82, 2.24) is 20.1 Å². The third kappa shape index (κ3) is 4.88. The highest BCUT2D eigenvalue weighted by molar-refractivity contribution is 7.99. The van der Waals surface area contributed by atoms with Crippen molar-refractivity contribution < 1.29 is 9.53 Å². The van der Waals surface area contributed by atoms with Crippen LogP contribution in [0.5, 0.6) is 5.75 Å². The molecule has 0 spiro atoms. The Bertz CT molecular complexity index is 771. The Morgan fingerprint density at radius 1 is 1.38 bits per heavy atom. The van der Waals surface area contributed by atoms with E-state index in [9.17, 15) is 4.79 Å². The molecule has 0 saturated heterocycles. The molecule has 2 aromatic rings. The number of methoxy groups -OCH3 is 1. The lowest BCUT2D eigenvalue weighted by atomic mass is 10.0. The molecule has 0 saturated carbocycles. The number of thioether (sulfide) groups is 1. The minimum absolute atomic E-state index is 0.0196. The van der Waals surface area contributed by atoms with Gasteiger partial charge in [-0.1, -0.05) is 36.9 Å². The van der Waals surface area contributed by atoms with E-state index >= 15 is 0 Å². The van der Waals surface area contributed by atoms with Crippen LogP contribution in [0.1, 0.15) is 27.2 Å². The Morgan fingerprint density at radius 3 is 2.77 bits per heavy atom. The number of aromatic nitrogens is 3. The molecule has 140 valence electrons. The summed E-state index contributed by atoms with van der Waals surface area (Å²) in [5.74, 6) is 1.68. The minimum atomic E-state index is -0.213. The Labute approximate surface area is 159 Å². The SMILES string of the molecule is C=CCn1c(SCC(=O)NC(C)(C)CC)nnc1-c1ccccc1OC. The van der Waals surface area contributed by atoms with E-state index < -0.39 is 0 Å². The normalized spacial score (nSPS) is 11.2. The van der Waals surface area contributed by atoms with Crippen LogP contribution in [0.2, 0.25) is 0 Å². The Morgan fingerprint density at radius 2 is 2.12 bits per heavy atom. The molecule has 0 unspecified atom stereocenters. The number of benzene rings is 1. The van der Waals surface area contributed by atoms with Crippen LogP contribution in [0.15, 0.2) is 42.1 Å². The number of ether oxygens (including phenoxy) is 1. The van der Waals surface area contributed by atoms with Crippen molar-refractivity contribution >= 4 is 17.7 Å². The Balaban J connectivity index is 2.21. The van der Waals surface area contributed by atoms with E-state index in [1.807, 2.05) is 49.6 Å². The van der Waals surface area contributed by atoms with Crippen molar-refractivity contribution in [3.63, 3.8) is 0 Å². The van der Waals surface area contributed by atoms with Gasteiger partial charge in [0.15, 0.2) is 11.0 Å². The fourth-order valence-electron chi connectivity index (χ4n) is 2.35. The first-order chi connectivity index (χ1) is 12.4. The highest BCUT2D eigenvalue weighted by Crippen LogP contribution is 2.30. The molecule has 0 fully saturated rings. The van der Waals surface area contributed by atoms with Crippen LogP contribution < -0.4 is 10.1 Å². The van der Waals surface area contributed by atoms with Gasteiger partial charge in [0.25, 0.3) is 0 Å². The van der Waals surface area contributed by atoms with Crippen molar-refractivity contribution in [2.75, 3.05) is 12.9 Å². The predicted molar refractivity (Wildman–Crippen MR) is 105 cm³/mol. The number of carbonyl (C=O) groups excluding carboxylic acids is 1. The zero-order valence-corrected chi connectivity index (χ0v) is 16.6. The second-order valence-corrected chi connectivity index (χ2v) is 7.42. The van der Waals surface area contributed by atoms with Crippen LogP contribution in [0.25, 0.3) is 11.4 Å². The molecular formula is C19H26N4O2S. The summed E-state index contributed by atoms with van der Waals surface area (Å²) in [6, 6.07) is 7.66. The highest BCUT2D eigenvalue weighted by atomic mass is 32.2. The summed E-state index contributed by atoms with van der Waals surface area (Å²) in [6.07, 6.45) is 2.65. The first-order valence-electron chi connectivity index (χ1n) is 8.53. The van der Waals surface area contributed by atoms with Crippen LogP contribution in [0.3, 0.4) is 0 Å². The first-order valence-corrected chi connectivity index (χ1v) is 9.51. The van der Waals surface area contributed by atoms with E-state index in [-0.39, 0.29) is 17.2 Å². The maximum absolute atomic E-state index is 12.2. The number of allylic oxidation sites excluding steroid dienone is 1. The molecule has 1 amide bonds. The third-order valence-corrected chi connectivity index (χ3v) is 5.04. The molecule has 0 atom stereocenters. The largest absolute Gasteiger partial charge is 0.496 e. The van der Waals surface area contributed by atoms with Crippen molar-refractivity contribution in [2.45, 2.75) is 44.4 Å².